The van der Waals surface area contributed by atoms with Gasteiger partial charge in [0.1, 0.15) is 5.75 Å². The van der Waals surface area contributed by atoms with Crippen LogP contribution >= 0.6 is 15.9 Å². The largest absolute Gasteiger partial charge is 0.448 e. The number of hydrogen-bond acceptors (Lipinski definition) is 4. The Labute approximate surface area is 147 Å². The normalized spacial score (nSPS) is 10.4. The van der Waals surface area contributed by atoms with Crippen molar-refractivity contribution < 1.29 is 14.4 Å². The van der Waals surface area contributed by atoms with Gasteiger partial charge in [0, 0.05) is 16.1 Å². The highest BCUT2D eigenvalue weighted by Gasteiger charge is 2.16. The summed E-state index contributed by atoms with van der Waals surface area (Å²) >= 11 is 3.39. The van der Waals surface area contributed by atoms with Crippen LogP contribution in [0.4, 0.5) is 4.79 Å². The SMILES string of the molecule is CCN(Oc1ccc2ncc(Br)cc2c1)C(=O)Oc1ccccc1. The molecule has 0 spiro atoms. The topological polar surface area (TPSA) is 51.7 Å². The number of halogens is 1. The lowest BCUT2D eigenvalue weighted by Gasteiger charge is -2.20. The van der Waals surface area contributed by atoms with E-state index in [1.807, 2.05) is 31.2 Å². The minimum atomic E-state index is -0.573. The molecule has 0 N–H and O–H groups in total. The number of benzene rings is 2. The van der Waals surface area contributed by atoms with Gasteiger partial charge in [0.05, 0.1) is 12.1 Å². The third kappa shape index (κ3) is 3.83. The molecule has 3 rings (SSSR count). The van der Waals surface area contributed by atoms with Crippen molar-refractivity contribution in [3.05, 3.63) is 65.3 Å². The predicted octanol–water partition coefficient (Wildman–Crippen LogP) is 4.81. The molecule has 122 valence electrons. The molecule has 0 aliphatic rings. The van der Waals surface area contributed by atoms with Crippen molar-refractivity contribution in [2.24, 2.45) is 0 Å². The molecule has 0 fully saturated rings. The van der Waals surface area contributed by atoms with E-state index in [0.29, 0.717) is 18.0 Å². The molecule has 0 saturated heterocycles. The number of fused-ring (bicyclic) bond motifs is 1. The Hall–Kier alpha value is -2.60. The molecule has 0 saturated carbocycles. The molecule has 24 heavy (non-hydrogen) atoms. The number of hydroxylamine groups is 2. The van der Waals surface area contributed by atoms with Gasteiger partial charge in [0.25, 0.3) is 0 Å². The Balaban J connectivity index is 1.76. The first kappa shape index (κ1) is 16.3. The van der Waals surface area contributed by atoms with Crippen molar-refractivity contribution in [3.8, 4) is 11.5 Å². The van der Waals surface area contributed by atoms with Crippen molar-refractivity contribution in [2.45, 2.75) is 6.92 Å². The molecule has 0 unspecified atom stereocenters. The van der Waals surface area contributed by atoms with Crippen LogP contribution in [0.5, 0.6) is 11.5 Å². The average Bonchev–Trinajstić information content (AvgIpc) is 2.60. The fourth-order valence-electron chi connectivity index (χ4n) is 2.14. The smallest absolute Gasteiger partial charge is 0.408 e. The molecule has 0 aliphatic heterocycles. The average molecular weight is 387 g/mol. The number of pyridine rings is 1. The number of nitrogens with zero attached hydrogens (tertiary/aromatic N) is 2. The van der Waals surface area contributed by atoms with Gasteiger partial charge in [0.2, 0.25) is 0 Å². The van der Waals surface area contributed by atoms with Gasteiger partial charge in [-0.1, -0.05) is 18.2 Å². The zero-order valence-electron chi connectivity index (χ0n) is 13.0. The van der Waals surface area contributed by atoms with Gasteiger partial charge >= 0.3 is 6.09 Å². The lowest BCUT2D eigenvalue weighted by atomic mass is 10.2. The van der Waals surface area contributed by atoms with E-state index >= 15 is 0 Å². The van der Waals surface area contributed by atoms with E-state index in [9.17, 15) is 4.79 Å². The molecule has 1 amide bonds. The van der Waals surface area contributed by atoms with Crippen molar-refractivity contribution >= 4 is 32.9 Å². The molecule has 5 nitrogen and oxygen atoms in total. The maximum absolute atomic E-state index is 12.2. The van der Waals surface area contributed by atoms with Crippen LogP contribution in [0.3, 0.4) is 0 Å². The molecular weight excluding hydrogens is 372 g/mol. The maximum Gasteiger partial charge on any atom is 0.448 e. The Kier molecular flexibility index (Phi) is 4.96. The second kappa shape index (κ2) is 7.31. The van der Waals surface area contributed by atoms with Gasteiger partial charge in [-0.05, 0) is 59.3 Å². The highest BCUT2D eigenvalue weighted by Crippen LogP contribution is 2.23. The van der Waals surface area contributed by atoms with Crippen LogP contribution in [0, 0.1) is 0 Å². The van der Waals surface area contributed by atoms with Crippen molar-refractivity contribution in [1.82, 2.24) is 10.0 Å². The van der Waals surface area contributed by atoms with E-state index in [-0.39, 0.29) is 0 Å². The first-order valence-electron chi connectivity index (χ1n) is 7.43. The first-order chi connectivity index (χ1) is 11.7. The standard InChI is InChI=1S/C18H15BrN2O3/c1-2-21(18(22)23-15-6-4-3-5-7-15)24-16-8-9-17-13(11-16)10-14(19)12-20-17/h3-12H,2H2,1H3. The highest BCUT2D eigenvalue weighted by atomic mass is 79.9. The van der Waals surface area contributed by atoms with Crippen LogP contribution in [-0.4, -0.2) is 22.7 Å². The third-order valence-corrected chi connectivity index (χ3v) is 3.71. The summed E-state index contributed by atoms with van der Waals surface area (Å²) in [7, 11) is 0. The summed E-state index contributed by atoms with van der Waals surface area (Å²) in [6.07, 6.45) is 1.16. The van der Waals surface area contributed by atoms with Crippen LogP contribution in [0.15, 0.2) is 65.3 Å². The predicted molar refractivity (Wildman–Crippen MR) is 94.9 cm³/mol. The Morgan fingerprint density at radius 3 is 2.67 bits per heavy atom. The zero-order valence-corrected chi connectivity index (χ0v) is 14.6. The van der Waals surface area contributed by atoms with Gasteiger partial charge in [-0.2, -0.15) is 0 Å². The Morgan fingerprint density at radius 1 is 1.12 bits per heavy atom. The fraction of sp³-hybridized carbons (Fsp3) is 0.111. The van der Waals surface area contributed by atoms with Crippen LogP contribution in [0.1, 0.15) is 6.92 Å². The lowest BCUT2D eigenvalue weighted by Crippen LogP contribution is -2.36. The monoisotopic (exact) mass is 386 g/mol. The van der Waals surface area contributed by atoms with Gasteiger partial charge in [-0.3, -0.25) is 4.98 Å². The van der Waals surface area contributed by atoms with Crippen molar-refractivity contribution in [1.29, 1.82) is 0 Å². The lowest BCUT2D eigenvalue weighted by molar-refractivity contribution is -0.0276. The zero-order chi connectivity index (χ0) is 16.9. The quantitative estimate of drug-likeness (QED) is 0.603. The van der Waals surface area contributed by atoms with Crippen LogP contribution < -0.4 is 9.57 Å². The van der Waals surface area contributed by atoms with Crippen LogP contribution in [0.2, 0.25) is 0 Å². The van der Waals surface area contributed by atoms with E-state index in [1.165, 1.54) is 5.06 Å². The number of amides is 1. The summed E-state index contributed by atoms with van der Waals surface area (Å²) < 4.78 is 6.17. The summed E-state index contributed by atoms with van der Waals surface area (Å²) in [5.41, 5.74) is 0.848. The molecule has 0 atom stereocenters. The number of carbonyl (C=O) groups excluding carboxylic acids is 1. The van der Waals surface area contributed by atoms with Crippen LogP contribution in [0.25, 0.3) is 10.9 Å². The van der Waals surface area contributed by atoms with Gasteiger partial charge in [-0.15, -0.1) is 5.06 Å². The Bertz CT molecular complexity index is 855. The number of carbonyl (C=O) groups is 1. The molecule has 3 aromatic rings. The maximum atomic E-state index is 12.2. The Morgan fingerprint density at radius 2 is 1.92 bits per heavy atom. The van der Waals surface area contributed by atoms with Gasteiger partial charge in [-0.25, -0.2) is 4.79 Å². The highest BCUT2D eigenvalue weighted by molar-refractivity contribution is 9.10. The number of rotatable bonds is 4. The summed E-state index contributed by atoms with van der Waals surface area (Å²) in [5, 5.41) is 2.08. The number of aromatic nitrogens is 1. The van der Waals surface area contributed by atoms with E-state index < -0.39 is 6.09 Å². The third-order valence-electron chi connectivity index (χ3n) is 3.27. The van der Waals surface area contributed by atoms with Gasteiger partial charge < -0.3 is 9.57 Å². The minimum Gasteiger partial charge on any atom is -0.408 e. The van der Waals surface area contributed by atoms with E-state index in [4.69, 9.17) is 9.57 Å². The molecule has 1 heterocycles. The summed E-state index contributed by atoms with van der Waals surface area (Å²) in [6, 6.07) is 16.2. The van der Waals surface area contributed by atoms with E-state index in [1.54, 1.807) is 36.5 Å². The molecule has 2 aromatic carbocycles. The summed E-state index contributed by atoms with van der Waals surface area (Å²) in [4.78, 5) is 22.2. The minimum absolute atomic E-state index is 0.348. The second-order valence-electron chi connectivity index (χ2n) is 4.98. The second-order valence-corrected chi connectivity index (χ2v) is 5.89. The van der Waals surface area contributed by atoms with Crippen molar-refractivity contribution in [2.75, 3.05) is 6.54 Å². The fourth-order valence-corrected chi connectivity index (χ4v) is 2.49. The molecular formula is C18H15BrN2O3. The van der Waals surface area contributed by atoms with E-state index in [2.05, 4.69) is 20.9 Å². The molecule has 0 radical (unpaired) electrons. The molecule has 0 bridgehead atoms. The van der Waals surface area contributed by atoms with E-state index in [0.717, 1.165) is 15.4 Å². The van der Waals surface area contributed by atoms with Gasteiger partial charge in [0.15, 0.2) is 5.75 Å². The summed E-state index contributed by atoms with van der Waals surface area (Å²) in [5.74, 6) is 1.01. The number of ether oxygens (including phenoxy) is 1. The number of para-hydroxylation sites is 1. The first-order valence-corrected chi connectivity index (χ1v) is 8.22. The summed E-state index contributed by atoms with van der Waals surface area (Å²) in [6.45, 7) is 2.16. The van der Waals surface area contributed by atoms with Crippen molar-refractivity contribution in [3.63, 3.8) is 0 Å². The molecule has 1 aromatic heterocycles. The molecule has 0 aliphatic carbocycles. The number of hydrogen-bond donors (Lipinski definition) is 0. The van der Waals surface area contributed by atoms with Crippen LogP contribution in [-0.2, 0) is 0 Å². The molecule has 6 heteroatoms.